The maximum atomic E-state index is 12.6. The summed E-state index contributed by atoms with van der Waals surface area (Å²) in [7, 11) is -1.52. The second-order valence-corrected chi connectivity index (χ2v) is 9.47. The summed E-state index contributed by atoms with van der Waals surface area (Å²) >= 11 is 0. The number of carbonyl (C=O) groups excluding carboxylic acids is 1. The average molecular weight is 356 g/mol. The van der Waals surface area contributed by atoms with Crippen LogP contribution in [-0.4, -0.2) is 69.7 Å². The van der Waals surface area contributed by atoms with E-state index in [2.05, 4.69) is 6.08 Å². The Hall–Kier alpha value is -0.920. The minimum absolute atomic E-state index is 0.0556. The molecule has 0 aromatic rings. The molecule has 3 rings (SSSR count). The van der Waals surface area contributed by atoms with Gasteiger partial charge in [-0.3, -0.25) is 4.79 Å². The molecule has 2 fully saturated rings. The Labute approximate surface area is 144 Å². The zero-order valence-electron chi connectivity index (χ0n) is 14.7. The number of hydrogen-bond acceptors (Lipinski definition) is 4. The predicted octanol–water partition coefficient (Wildman–Crippen LogP) is 1.24. The summed E-state index contributed by atoms with van der Waals surface area (Å²) in [5, 5.41) is 0. The van der Waals surface area contributed by atoms with Crippen LogP contribution >= 0.6 is 0 Å². The molecule has 0 radical (unpaired) electrons. The first kappa shape index (κ1) is 17.9. The van der Waals surface area contributed by atoms with Gasteiger partial charge in [-0.2, -0.15) is 0 Å². The fraction of sp³-hybridized carbons (Fsp3) is 0.824. The van der Waals surface area contributed by atoms with E-state index in [1.165, 1.54) is 6.26 Å². The molecule has 0 aromatic heterocycles. The maximum absolute atomic E-state index is 12.6. The smallest absolute Gasteiger partial charge is 0.249 e. The van der Waals surface area contributed by atoms with Crippen LogP contribution in [0, 0.1) is 11.3 Å². The molecule has 6 nitrogen and oxygen atoms in total. The van der Waals surface area contributed by atoms with E-state index in [1.54, 1.807) is 11.4 Å². The number of carbonyl (C=O) groups is 1. The Balaban J connectivity index is 1.69. The van der Waals surface area contributed by atoms with E-state index in [-0.39, 0.29) is 17.2 Å². The van der Waals surface area contributed by atoms with Gasteiger partial charge in [0.25, 0.3) is 0 Å². The molecule has 1 aliphatic carbocycles. The summed E-state index contributed by atoms with van der Waals surface area (Å²) in [5.74, 6) is 0.392. The topological polar surface area (TPSA) is 66.9 Å². The molecule has 24 heavy (non-hydrogen) atoms. The number of rotatable bonds is 4. The molecule has 136 valence electrons. The van der Waals surface area contributed by atoms with E-state index in [9.17, 15) is 13.2 Å². The van der Waals surface area contributed by atoms with Crippen LogP contribution in [0.1, 0.15) is 32.1 Å². The standard InChI is InChI=1S/C17H28N2O4S/c1-23-12-15-11-19(24(2,21)22)13-17(15)7-9-18(10-8-17)16(20)14-5-3-4-6-14/h5,15H,3-4,6-13H2,1-2H3. The first-order chi connectivity index (χ1) is 11.4. The molecular weight excluding hydrogens is 328 g/mol. The minimum Gasteiger partial charge on any atom is -0.384 e. The van der Waals surface area contributed by atoms with E-state index < -0.39 is 10.0 Å². The zero-order valence-corrected chi connectivity index (χ0v) is 15.5. The lowest BCUT2D eigenvalue weighted by atomic mass is 9.71. The van der Waals surface area contributed by atoms with Crippen molar-refractivity contribution in [3.05, 3.63) is 11.6 Å². The number of piperidine rings is 1. The third-order valence-electron chi connectivity index (χ3n) is 5.98. The molecule has 0 aromatic carbocycles. The van der Waals surface area contributed by atoms with Gasteiger partial charge in [0.1, 0.15) is 0 Å². The molecule has 2 saturated heterocycles. The van der Waals surface area contributed by atoms with Crippen LogP contribution in [0.15, 0.2) is 11.6 Å². The van der Waals surface area contributed by atoms with Crippen LogP contribution in [0.5, 0.6) is 0 Å². The molecule has 0 N–H and O–H groups in total. The Morgan fingerprint density at radius 3 is 2.62 bits per heavy atom. The third kappa shape index (κ3) is 3.39. The van der Waals surface area contributed by atoms with Crippen molar-refractivity contribution in [1.82, 2.24) is 9.21 Å². The zero-order chi connectivity index (χ0) is 17.4. The first-order valence-corrected chi connectivity index (χ1v) is 10.6. The van der Waals surface area contributed by atoms with Crippen LogP contribution in [-0.2, 0) is 19.6 Å². The van der Waals surface area contributed by atoms with Crippen LogP contribution in [0.4, 0.5) is 0 Å². The third-order valence-corrected chi connectivity index (χ3v) is 7.20. The molecule has 1 unspecified atom stereocenters. The number of sulfonamides is 1. The van der Waals surface area contributed by atoms with Crippen molar-refractivity contribution in [3.8, 4) is 0 Å². The molecule has 2 aliphatic heterocycles. The van der Waals surface area contributed by atoms with Crippen LogP contribution in [0.25, 0.3) is 0 Å². The van der Waals surface area contributed by atoms with Gasteiger partial charge in [-0.15, -0.1) is 0 Å². The SMILES string of the molecule is COCC1CN(S(C)(=O)=O)CC12CCN(C(=O)C1=CCCC1)CC2. The van der Waals surface area contributed by atoms with Crippen molar-refractivity contribution in [3.63, 3.8) is 0 Å². The number of amides is 1. The average Bonchev–Trinajstić information content (AvgIpc) is 3.17. The van der Waals surface area contributed by atoms with Gasteiger partial charge in [0, 0.05) is 44.8 Å². The largest absolute Gasteiger partial charge is 0.384 e. The van der Waals surface area contributed by atoms with Gasteiger partial charge < -0.3 is 9.64 Å². The van der Waals surface area contributed by atoms with Gasteiger partial charge in [0.2, 0.25) is 15.9 Å². The van der Waals surface area contributed by atoms with Crippen molar-refractivity contribution in [2.75, 3.05) is 46.2 Å². The van der Waals surface area contributed by atoms with E-state index in [0.29, 0.717) is 32.8 Å². The van der Waals surface area contributed by atoms with E-state index in [4.69, 9.17) is 4.74 Å². The molecule has 2 heterocycles. The van der Waals surface area contributed by atoms with Crippen molar-refractivity contribution >= 4 is 15.9 Å². The van der Waals surface area contributed by atoms with E-state index in [0.717, 1.165) is 37.7 Å². The number of methoxy groups -OCH3 is 1. The minimum atomic E-state index is -3.18. The molecule has 1 spiro atoms. The van der Waals surface area contributed by atoms with Crippen LogP contribution < -0.4 is 0 Å². The molecule has 1 atom stereocenters. The van der Waals surface area contributed by atoms with Gasteiger partial charge in [-0.05, 0) is 37.5 Å². The predicted molar refractivity (Wildman–Crippen MR) is 92.0 cm³/mol. The maximum Gasteiger partial charge on any atom is 0.249 e. The second kappa shape index (κ2) is 6.77. The van der Waals surface area contributed by atoms with Gasteiger partial charge in [-0.25, -0.2) is 12.7 Å². The molecule has 3 aliphatic rings. The highest BCUT2D eigenvalue weighted by atomic mass is 32.2. The number of likely N-dealkylation sites (tertiary alicyclic amines) is 1. The van der Waals surface area contributed by atoms with Gasteiger partial charge in [0.05, 0.1) is 12.9 Å². The summed E-state index contributed by atoms with van der Waals surface area (Å²) in [5.41, 5.74) is 0.906. The number of nitrogens with zero attached hydrogens (tertiary/aromatic N) is 2. The van der Waals surface area contributed by atoms with Crippen molar-refractivity contribution in [2.45, 2.75) is 32.1 Å². The summed E-state index contributed by atoms with van der Waals surface area (Å²) in [6.45, 7) is 3.10. The Morgan fingerprint density at radius 1 is 1.38 bits per heavy atom. The number of ether oxygens (including phenoxy) is 1. The fourth-order valence-electron chi connectivity index (χ4n) is 4.46. The van der Waals surface area contributed by atoms with Gasteiger partial charge in [-0.1, -0.05) is 6.08 Å². The Kier molecular flexibility index (Phi) is 5.04. The highest BCUT2D eigenvalue weighted by Gasteiger charge is 2.50. The van der Waals surface area contributed by atoms with Crippen molar-refractivity contribution in [2.24, 2.45) is 11.3 Å². The van der Waals surface area contributed by atoms with E-state index >= 15 is 0 Å². The molecular formula is C17H28N2O4S. The normalized spacial score (nSPS) is 27.7. The summed E-state index contributed by atoms with van der Waals surface area (Å²) in [6, 6.07) is 0. The number of allylic oxidation sites excluding steroid dienone is 1. The van der Waals surface area contributed by atoms with Crippen LogP contribution in [0.3, 0.4) is 0 Å². The highest BCUT2D eigenvalue weighted by Crippen LogP contribution is 2.45. The summed E-state index contributed by atoms with van der Waals surface area (Å²) in [4.78, 5) is 14.5. The molecule has 0 bridgehead atoms. The Bertz CT molecular complexity index is 621. The molecule has 1 amide bonds. The molecule has 7 heteroatoms. The highest BCUT2D eigenvalue weighted by molar-refractivity contribution is 7.88. The Morgan fingerprint density at radius 2 is 2.08 bits per heavy atom. The number of hydrogen-bond donors (Lipinski definition) is 0. The van der Waals surface area contributed by atoms with Crippen molar-refractivity contribution < 1.29 is 17.9 Å². The van der Waals surface area contributed by atoms with Gasteiger partial charge in [0.15, 0.2) is 0 Å². The van der Waals surface area contributed by atoms with Gasteiger partial charge >= 0.3 is 0 Å². The van der Waals surface area contributed by atoms with Crippen molar-refractivity contribution in [1.29, 1.82) is 0 Å². The monoisotopic (exact) mass is 356 g/mol. The first-order valence-electron chi connectivity index (χ1n) is 8.78. The fourth-order valence-corrected chi connectivity index (χ4v) is 5.40. The van der Waals surface area contributed by atoms with Crippen LogP contribution in [0.2, 0.25) is 0 Å². The summed E-state index contributed by atoms with van der Waals surface area (Å²) in [6.07, 6.45) is 8.05. The molecule has 0 saturated carbocycles. The quantitative estimate of drug-likeness (QED) is 0.760. The lowest BCUT2D eigenvalue weighted by molar-refractivity contribution is -0.130. The lowest BCUT2D eigenvalue weighted by Gasteiger charge is -2.42. The van der Waals surface area contributed by atoms with E-state index in [1.807, 2.05) is 4.90 Å². The summed E-state index contributed by atoms with van der Waals surface area (Å²) < 4.78 is 30.9. The second-order valence-electron chi connectivity index (χ2n) is 7.48. The lowest BCUT2D eigenvalue weighted by Crippen LogP contribution is -2.47.